The average Bonchev–Trinajstić information content (AvgIpc) is 3.09. The van der Waals surface area contributed by atoms with Crippen molar-refractivity contribution < 1.29 is 14.3 Å². The molecule has 0 unspecified atom stereocenters. The molecule has 4 heteroatoms. The molecule has 4 nitrogen and oxygen atoms in total. The van der Waals surface area contributed by atoms with E-state index in [2.05, 4.69) is 36.4 Å². The van der Waals surface area contributed by atoms with E-state index >= 15 is 0 Å². The zero-order chi connectivity index (χ0) is 20.9. The van der Waals surface area contributed by atoms with Gasteiger partial charge in [-0.3, -0.25) is 4.90 Å². The summed E-state index contributed by atoms with van der Waals surface area (Å²) in [6.45, 7) is 3.99. The first-order valence-corrected chi connectivity index (χ1v) is 11.6. The van der Waals surface area contributed by atoms with Gasteiger partial charge in [0.1, 0.15) is 24.5 Å². The second-order valence-corrected chi connectivity index (χ2v) is 10.1. The molecule has 1 aromatic rings. The van der Waals surface area contributed by atoms with Crippen LogP contribution >= 0.6 is 0 Å². The Hall–Kier alpha value is -1.94. The summed E-state index contributed by atoms with van der Waals surface area (Å²) >= 11 is 0. The molecule has 0 radical (unpaired) electrons. The second-order valence-electron chi connectivity index (χ2n) is 10.1. The maximum Gasteiger partial charge on any atom is 0.420 e. The van der Waals surface area contributed by atoms with Crippen molar-refractivity contribution in [3.8, 4) is 5.75 Å². The number of methoxy groups -OCH3 is 1. The highest BCUT2D eigenvalue weighted by molar-refractivity contribution is 5.89. The van der Waals surface area contributed by atoms with E-state index in [9.17, 15) is 4.79 Å². The van der Waals surface area contributed by atoms with Gasteiger partial charge in [-0.05, 0) is 86.6 Å². The molecular weight excluding hydrogens is 374 g/mol. The quantitative estimate of drug-likeness (QED) is 0.544. The van der Waals surface area contributed by atoms with Gasteiger partial charge in [0, 0.05) is 5.41 Å². The molecular formula is C26H34NO3+. The predicted octanol–water partition coefficient (Wildman–Crippen LogP) is 4.54. The number of hydrogen-bond acceptors (Lipinski definition) is 4. The Kier molecular flexibility index (Phi) is 5.09. The van der Waals surface area contributed by atoms with E-state index in [1.807, 2.05) is 13.1 Å². The van der Waals surface area contributed by atoms with Gasteiger partial charge in [0.05, 0.1) is 20.1 Å². The summed E-state index contributed by atoms with van der Waals surface area (Å²) in [5.41, 5.74) is 3.93. The molecule has 0 aromatic heterocycles. The molecule has 0 N–H and O–H groups in total. The van der Waals surface area contributed by atoms with Gasteiger partial charge in [0.25, 0.3) is 0 Å². The van der Waals surface area contributed by atoms with E-state index in [0.717, 1.165) is 37.1 Å². The van der Waals surface area contributed by atoms with Crippen molar-refractivity contribution in [2.75, 3.05) is 27.2 Å². The number of nitrogens with zero attached hydrogens (tertiary/aromatic N) is 1. The monoisotopic (exact) mass is 408 g/mol. The third-order valence-electron chi connectivity index (χ3n) is 8.53. The molecule has 0 spiro atoms. The van der Waals surface area contributed by atoms with Crippen LogP contribution in [0.5, 0.6) is 5.75 Å². The third kappa shape index (κ3) is 3.24. The Morgan fingerprint density at radius 1 is 1.23 bits per heavy atom. The van der Waals surface area contributed by atoms with Gasteiger partial charge in [-0.15, -0.1) is 0 Å². The standard InChI is InChI=1S/C26H34NO3/c1-26-13-12-21-20-9-7-19(29-3)15-17(20)6-8-22(21)23(26)10-11-24(26)30-25(28)18-5-4-14-27(2)16-18/h4-5,7,9,15,21-24H,6,8,10-14,16H2,1-3H3/q+1/t21-,22-,23+,24+,26+/m1/s1. The molecule has 0 saturated heterocycles. The van der Waals surface area contributed by atoms with Crippen molar-refractivity contribution in [2.45, 2.75) is 57.5 Å². The highest BCUT2D eigenvalue weighted by Gasteiger charge is 2.56. The first-order chi connectivity index (χ1) is 14.5. The summed E-state index contributed by atoms with van der Waals surface area (Å²) < 4.78 is 11.6. The highest BCUT2D eigenvalue weighted by atomic mass is 16.5. The van der Waals surface area contributed by atoms with Crippen LogP contribution in [0.1, 0.15) is 56.1 Å². The SMILES string of the molecule is COc1ccc2c(c1)CC[C@@H]1[C@@H]2CC[C@]2(C)[C@@H](OC(=O)C3=C[CH+]CN(C)C3)CC[C@@H]12. The third-order valence-corrected chi connectivity index (χ3v) is 8.53. The number of ether oxygens (including phenoxy) is 2. The van der Waals surface area contributed by atoms with Gasteiger partial charge in [0.15, 0.2) is 5.57 Å². The van der Waals surface area contributed by atoms with E-state index in [4.69, 9.17) is 9.47 Å². The van der Waals surface area contributed by atoms with Crippen LogP contribution in [0.25, 0.3) is 0 Å². The molecule has 2 saturated carbocycles. The molecule has 160 valence electrons. The molecule has 2 fully saturated rings. The minimum absolute atomic E-state index is 0.0568. The summed E-state index contributed by atoms with van der Waals surface area (Å²) in [6, 6.07) is 6.67. The van der Waals surface area contributed by atoms with Crippen molar-refractivity contribution in [3.05, 3.63) is 47.4 Å². The van der Waals surface area contributed by atoms with Crippen molar-refractivity contribution in [1.82, 2.24) is 4.90 Å². The van der Waals surface area contributed by atoms with Crippen molar-refractivity contribution in [1.29, 1.82) is 0 Å². The zero-order valence-electron chi connectivity index (χ0n) is 18.5. The van der Waals surface area contributed by atoms with Gasteiger partial charge < -0.3 is 9.47 Å². The normalized spacial score (nSPS) is 35.4. The van der Waals surface area contributed by atoms with Gasteiger partial charge >= 0.3 is 5.97 Å². The number of fused-ring (bicyclic) bond motifs is 5. The highest BCUT2D eigenvalue weighted by Crippen LogP contribution is 2.61. The predicted molar refractivity (Wildman–Crippen MR) is 117 cm³/mol. The number of benzene rings is 1. The van der Waals surface area contributed by atoms with Crippen LogP contribution in [0.3, 0.4) is 0 Å². The Labute approximate surface area is 180 Å². The van der Waals surface area contributed by atoms with Gasteiger partial charge in [-0.1, -0.05) is 13.0 Å². The Balaban J connectivity index is 1.33. The average molecular weight is 409 g/mol. The van der Waals surface area contributed by atoms with Crippen LogP contribution in [-0.2, 0) is 16.0 Å². The number of likely N-dealkylation sites (N-methyl/N-ethyl adjacent to an activating group) is 1. The van der Waals surface area contributed by atoms with Crippen LogP contribution in [0, 0.1) is 23.7 Å². The minimum Gasteiger partial charge on any atom is -0.497 e. The molecule has 3 aliphatic carbocycles. The number of aryl methyl sites for hydroxylation is 1. The second kappa shape index (κ2) is 7.64. The van der Waals surface area contributed by atoms with Crippen LogP contribution in [0.4, 0.5) is 0 Å². The number of carbonyl (C=O) groups is 1. The van der Waals surface area contributed by atoms with Crippen LogP contribution in [0.15, 0.2) is 29.8 Å². The van der Waals surface area contributed by atoms with Crippen LogP contribution in [-0.4, -0.2) is 44.2 Å². The van der Waals surface area contributed by atoms with Crippen molar-refractivity contribution in [2.24, 2.45) is 17.3 Å². The lowest BCUT2D eigenvalue weighted by Gasteiger charge is -2.50. The summed E-state index contributed by atoms with van der Waals surface area (Å²) in [5.74, 6) is 2.88. The largest absolute Gasteiger partial charge is 0.497 e. The number of esters is 1. The lowest BCUT2D eigenvalue weighted by Crippen LogP contribution is -2.45. The first kappa shape index (κ1) is 20.0. The smallest absolute Gasteiger partial charge is 0.420 e. The molecule has 5 atom stereocenters. The number of rotatable bonds is 3. The zero-order valence-corrected chi connectivity index (χ0v) is 18.5. The molecule has 30 heavy (non-hydrogen) atoms. The first-order valence-electron chi connectivity index (χ1n) is 11.6. The lowest BCUT2D eigenvalue weighted by atomic mass is 9.55. The van der Waals surface area contributed by atoms with E-state index < -0.39 is 0 Å². The molecule has 5 rings (SSSR count). The Morgan fingerprint density at radius 2 is 2.10 bits per heavy atom. The summed E-state index contributed by atoms with van der Waals surface area (Å²) in [6.07, 6.45) is 11.0. The number of hydrogen-bond donors (Lipinski definition) is 0. The lowest BCUT2D eigenvalue weighted by molar-refractivity contribution is -0.153. The van der Waals surface area contributed by atoms with Crippen LogP contribution in [0.2, 0.25) is 0 Å². The fourth-order valence-corrected chi connectivity index (χ4v) is 6.95. The van der Waals surface area contributed by atoms with Crippen molar-refractivity contribution >= 4 is 5.97 Å². The summed E-state index contributed by atoms with van der Waals surface area (Å²) in [7, 11) is 3.79. The molecule has 1 heterocycles. The summed E-state index contributed by atoms with van der Waals surface area (Å²) in [4.78, 5) is 15.0. The van der Waals surface area contributed by atoms with Crippen molar-refractivity contribution in [3.63, 3.8) is 0 Å². The molecule has 0 bridgehead atoms. The van der Waals surface area contributed by atoms with E-state index in [1.54, 1.807) is 12.7 Å². The van der Waals surface area contributed by atoms with E-state index in [0.29, 0.717) is 24.3 Å². The van der Waals surface area contributed by atoms with E-state index in [-0.39, 0.29) is 17.5 Å². The topological polar surface area (TPSA) is 38.8 Å². The van der Waals surface area contributed by atoms with Gasteiger partial charge in [0.2, 0.25) is 0 Å². The molecule has 4 aliphatic rings. The van der Waals surface area contributed by atoms with Gasteiger partial charge in [-0.25, -0.2) is 4.79 Å². The fourth-order valence-electron chi connectivity index (χ4n) is 6.95. The Bertz CT molecular complexity index is 862. The minimum atomic E-state index is -0.104. The van der Waals surface area contributed by atoms with E-state index in [1.165, 1.54) is 24.8 Å². The summed E-state index contributed by atoms with van der Waals surface area (Å²) in [5, 5.41) is 0. The molecule has 1 aromatic carbocycles. The fraction of sp³-hybridized carbons (Fsp3) is 0.615. The van der Waals surface area contributed by atoms with Gasteiger partial charge in [-0.2, -0.15) is 0 Å². The Morgan fingerprint density at radius 3 is 2.90 bits per heavy atom. The molecule has 0 amide bonds. The van der Waals surface area contributed by atoms with Crippen LogP contribution < -0.4 is 4.74 Å². The maximum atomic E-state index is 12.9. The molecule has 1 aliphatic heterocycles. The maximum absolute atomic E-state index is 12.9. The number of carbonyl (C=O) groups excluding carboxylic acids is 1.